The fraction of sp³-hybridized carbons (Fsp3) is 0.375. The van der Waals surface area contributed by atoms with Gasteiger partial charge in [0.1, 0.15) is 5.65 Å². The lowest BCUT2D eigenvalue weighted by atomic mass is 10.2. The van der Waals surface area contributed by atoms with Gasteiger partial charge < -0.3 is 9.88 Å². The van der Waals surface area contributed by atoms with Crippen molar-refractivity contribution in [2.24, 2.45) is 0 Å². The summed E-state index contributed by atoms with van der Waals surface area (Å²) in [4.78, 5) is 9.25. The van der Waals surface area contributed by atoms with E-state index in [4.69, 9.17) is 4.98 Å². The van der Waals surface area contributed by atoms with Crippen molar-refractivity contribution in [2.45, 2.75) is 32.9 Å². The number of hydrogen-bond acceptors (Lipinski definition) is 4. The molecule has 110 valence electrons. The van der Waals surface area contributed by atoms with E-state index in [0.29, 0.717) is 0 Å². The molecule has 3 rings (SSSR count). The number of nitrogens with one attached hydrogen (secondary N) is 1. The van der Waals surface area contributed by atoms with Crippen LogP contribution in [0.5, 0.6) is 0 Å². The molecule has 0 radical (unpaired) electrons. The molecule has 1 N–H and O–H groups in total. The van der Waals surface area contributed by atoms with Crippen LogP contribution in [0.3, 0.4) is 0 Å². The second-order valence-electron chi connectivity index (χ2n) is 5.17. The largest absolute Gasteiger partial charge is 0.326 e. The minimum absolute atomic E-state index is 0.789. The zero-order valence-electron chi connectivity index (χ0n) is 12.5. The summed E-state index contributed by atoms with van der Waals surface area (Å²) >= 11 is 1.76. The average Bonchev–Trinajstić information content (AvgIpc) is 3.07. The SMILES string of the molecule is CCCc1nc(Cn2cc(CNC)c3cccnc32)cs1. The number of nitrogens with zero attached hydrogens (tertiary/aromatic N) is 3. The van der Waals surface area contributed by atoms with Crippen LogP contribution in [0.25, 0.3) is 11.0 Å². The van der Waals surface area contributed by atoms with Gasteiger partial charge in [-0.05, 0) is 37.6 Å². The molecule has 0 amide bonds. The Kier molecular flexibility index (Phi) is 4.31. The summed E-state index contributed by atoms with van der Waals surface area (Å²) in [5.41, 5.74) is 3.44. The van der Waals surface area contributed by atoms with Gasteiger partial charge in [0.2, 0.25) is 0 Å². The smallest absolute Gasteiger partial charge is 0.140 e. The van der Waals surface area contributed by atoms with E-state index in [-0.39, 0.29) is 0 Å². The van der Waals surface area contributed by atoms with Gasteiger partial charge in [-0.25, -0.2) is 9.97 Å². The standard InChI is InChI=1S/C16H20N4S/c1-3-5-15-19-13(11-21-15)10-20-9-12(8-17-2)14-6-4-7-18-16(14)20/h4,6-7,9,11,17H,3,5,8,10H2,1-2H3. The van der Waals surface area contributed by atoms with Gasteiger partial charge in [0.25, 0.3) is 0 Å². The Morgan fingerprint density at radius 1 is 1.38 bits per heavy atom. The molecule has 5 heteroatoms. The topological polar surface area (TPSA) is 42.7 Å². The zero-order valence-corrected chi connectivity index (χ0v) is 13.3. The Labute approximate surface area is 128 Å². The van der Waals surface area contributed by atoms with E-state index in [1.807, 2.05) is 19.3 Å². The van der Waals surface area contributed by atoms with Crippen LogP contribution in [0.15, 0.2) is 29.9 Å². The average molecular weight is 300 g/mol. The molecular formula is C16H20N4S. The van der Waals surface area contributed by atoms with Crippen LogP contribution in [0.1, 0.15) is 29.6 Å². The fourth-order valence-electron chi connectivity index (χ4n) is 2.57. The summed E-state index contributed by atoms with van der Waals surface area (Å²) in [7, 11) is 1.97. The molecule has 4 nitrogen and oxygen atoms in total. The van der Waals surface area contributed by atoms with Crippen LogP contribution >= 0.6 is 11.3 Å². The van der Waals surface area contributed by atoms with Crippen LogP contribution in [-0.4, -0.2) is 21.6 Å². The molecule has 0 aliphatic carbocycles. The molecule has 0 saturated heterocycles. The maximum absolute atomic E-state index is 4.71. The first-order valence-electron chi connectivity index (χ1n) is 7.32. The maximum atomic E-state index is 4.71. The molecule has 0 atom stereocenters. The number of thiazole rings is 1. The molecule has 3 heterocycles. The summed E-state index contributed by atoms with van der Waals surface area (Å²) < 4.78 is 2.20. The first-order chi connectivity index (χ1) is 10.3. The third kappa shape index (κ3) is 2.99. The summed E-state index contributed by atoms with van der Waals surface area (Å²) in [6.45, 7) is 3.83. The van der Waals surface area contributed by atoms with Gasteiger partial charge in [-0.2, -0.15) is 0 Å². The Morgan fingerprint density at radius 3 is 3.10 bits per heavy atom. The normalized spacial score (nSPS) is 11.3. The predicted molar refractivity (Wildman–Crippen MR) is 87.7 cm³/mol. The van der Waals surface area contributed by atoms with Gasteiger partial charge in [-0.1, -0.05) is 6.92 Å². The Morgan fingerprint density at radius 2 is 2.29 bits per heavy atom. The Hall–Kier alpha value is -1.72. The minimum Gasteiger partial charge on any atom is -0.326 e. The number of fused-ring (bicyclic) bond motifs is 1. The highest BCUT2D eigenvalue weighted by molar-refractivity contribution is 7.09. The summed E-state index contributed by atoms with van der Waals surface area (Å²) in [6.07, 6.45) is 6.26. The van der Waals surface area contributed by atoms with E-state index in [0.717, 1.165) is 37.3 Å². The van der Waals surface area contributed by atoms with Crippen molar-refractivity contribution in [3.05, 3.63) is 46.2 Å². The highest BCUT2D eigenvalue weighted by Gasteiger charge is 2.10. The zero-order chi connectivity index (χ0) is 14.7. The van der Waals surface area contributed by atoms with Crippen LogP contribution in [0, 0.1) is 0 Å². The highest BCUT2D eigenvalue weighted by atomic mass is 32.1. The molecule has 0 fully saturated rings. The molecule has 0 aromatic carbocycles. The summed E-state index contributed by atoms with van der Waals surface area (Å²) in [5, 5.41) is 7.83. The van der Waals surface area contributed by atoms with Crippen molar-refractivity contribution in [1.82, 2.24) is 19.9 Å². The molecular weight excluding hydrogens is 280 g/mol. The quantitative estimate of drug-likeness (QED) is 0.760. The fourth-order valence-corrected chi connectivity index (χ4v) is 3.46. The van der Waals surface area contributed by atoms with Crippen LogP contribution in [0.4, 0.5) is 0 Å². The van der Waals surface area contributed by atoms with Crippen molar-refractivity contribution in [3.63, 3.8) is 0 Å². The minimum atomic E-state index is 0.789. The monoisotopic (exact) mass is 300 g/mol. The van der Waals surface area contributed by atoms with Crippen molar-refractivity contribution < 1.29 is 0 Å². The third-order valence-electron chi connectivity index (χ3n) is 3.48. The lowest BCUT2D eigenvalue weighted by molar-refractivity contribution is 0.775. The summed E-state index contributed by atoms with van der Waals surface area (Å²) in [6, 6.07) is 4.13. The van der Waals surface area contributed by atoms with Crippen molar-refractivity contribution >= 4 is 22.4 Å². The van der Waals surface area contributed by atoms with Crippen LogP contribution < -0.4 is 5.32 Å². The second kappa shape index (κ2) is 6.37. The number of hydrogen-bond donors (Lipinski definition) is 1. The molecule has 0 aliphatic heterocycles. The van der Waals surface area contributed by atoms with Crippen molar-refractivity contribution in [3.8, 4) is 0 Å². The van der Waals surface area contributed by atoms with Gasteiger partial charge in [0.15, 0.2) is 0 Å². The highest BCUT2D eigenvalue weighted by Crippen LogP contribution is 2.21. The maximum Gasteiger partial charge on any atom is 0.140 e. The van der Waals surface area contributed by atoms with Crippen LogP contribution in [-0.2, 0) is 19.5 Å². The van der Waals surface area contributed by atoms with E-state index in [9.17, 15) is 0 Å². The van der Waals surface area contributed by atoms with Gasteiger partial charge in [-0.3, -0.25) is 0 Å². The molecule has 0 saturated carbocycles. The number of rotatable bonds is 6. The lowest BCUT2D eigenvalue weighted by Gasteiger charge is -2.01. The van der Waals surface area contributed by atoms with Crippen molar-refractivity contribution in [2.75, 3.05) is 7.05 Å². The number of pyridine rings is 1. The third-order valence-corrected chi connectivity index (χ3v) is 4.44. The van der Waals surface area contributed by atoms with E-state index in [2.05, 4.69) is 39.4 Å². The van der Waals surface area contributed by atoms with Crippen molar-refractivity contribution in [1.29, 1.82) is 0 Å². The van der Waals surface area contributed by atoms with Gasteiger partial charge in [0.05, 0.1) is 17.2 Å². The number of aryl methyl sites for hydroxylation is 1. The molecule has 21 heavy (non-hydrogen) atoms. The van der Waals surface area contributed by atoms with Gasteiger partial charge >= 0.3 is 0 Å². The first-order valence-corrected chi connectivity index (χ1v) is 8.20. The molecule has 3 aromatic rings. The summed E-state index contributed by atoms with van der Waals surface area (Å²) in [5.74, 6) is 0. The molecule has 0 spiro atoms. The molecule has 0 unspecified atom stereocenters. The lowest BCUT2D eigenvalue weighted by Crippen LogP contribution is -2.04. The van der Waals surface area contributed by atoms with Gasteiger partial charge in [-0.15, -0.1) is 11.3 Å². The molecule has 0 bridgehead atoms. The van der Waals surface area contributed by atoms with Crippen LogP contribution in [0.2, 0.25) is 0 Å². The van der Waals surface area contributed by atoms with E-state index in [1.54, 1.807) is 11.3 Å². The first kappa shape index (κ1) is 14.2. The van der Waals surface area contributed by atoms with Gasteiger partial charge in [0, 0.05) is 29.7 Å². The molecule has 0 aliphatic rings. The Balaban J connectivity index is 1.92. The predicted octanol–water partition coefficient (Wildman–Crippen LogP) is 3.21. The van der Waals surface area contributed by atoms with E-state index in [1.165, 1.54) is 16.0 Å². The second-order valence-corrected chi connectivity index (χ2v) is 6.11. The molecule has 3 aromatic heterocycles. The van der Waals surface area contributed by atoms with E-state index < -0.39 is 0 Å². The van der Waals surface area contributed by atoms with E-state index >= 15 is 0 Å². The Bertz CT molecular complexity index is 729. The number of aromatic nitrogens is 3.